The van der Waals surface area contributed by atoms with Crippen molar-refractivity contribution >= 4 is 39.7 Å². The Kier molecular flexibility index (Phi) is 6.46. The average molecular weight is 519 g/mol. The van der Waals surface area contributed by atoms with Crippen LogP contribution in [0.5, 0.6) is 5.75 Å². The van der Waals surface area contributed by atoms with Crippen LogP contribution in [0.25, 0.3) is 22.2 Å². The smallest absolute Gasteiger partial charge is 0.196 e. The molecule has 0 atom stereocenters. The van der Waals surface area contributed by atoms with Gasteiger partial charge in [-0.2, -0.15) is 0 Å². The van der Waals surface area contributed by atoms with Crippen molar-refractivity contribution < 1.29 is 19.2 Å². The van der Waals surface area contributed by atoms with E-state index in [1.807, 2.05) is 54.6 Å². The van der Waals surface area contributed by atoms with E-state index in [4.69, 9.17) is 20.9 Å². The maximum Gasteiger partial charge on any atom is 0.196 e. The molecule has 2 aliphatic rings. The molecule has 9 heteroatoms. The van der Waals surface area contributed by atoms with Gasteiger partial charge in [0.1, 0.15) is 17.9 Å². The van der Waals surface area contributed by atoms with E-state index >= 15 is 0 Å². The van der Waals surface area contributed by atoms with Crippen LogP contribution in [-0.4, -0.2) is 73.4 Å². The number of piperazine rings is 1. The highest BCUT2D eigenvalue weighted by Gasteiger charge is 2.34. The molecule has 0 bridgehead atoms. The number of benzene rings is 3. The molecule has 1 aliphatic heterocycles. The number of nitrogens with zero attached hydrogens (tertiary/aromatic N) is 3. The number of ether oxygens (including phenoxy) is 1. The van der Waals surface area contributed by atoms with Crippen molar-refractivity contribution in [3.63, 3.8) is 0 Å². The highest BCUT2D eigenvalue weighted by molar-refractivity contribution is 6.30. The van der Waals surface area contributed by atoms with Crippen molar-refractivity contribution in [2.45, 2.75) is 0 Å². The van der Waals surface area contributed by atoms with Gasteiger partial charge in [0.05, 0.1) is 23.2 Å². The normalized spacial score (nSPS) is 15.2. The third-order valence-corrected chi connectivity index (χ3v) is 7.26. The zero-order valence-electron chi connectivity index (χ0n) is 20.2. The number of fused-ring (bicyclic) bond motifs is 2. The summed E-state index contributed by atoms with van der Waals surface area (Å²) in [6, 6.07) is 16.8. The monoisotopic (exact) mass is 518 g/mol. The number of carbonyl (C=O) groups is 1. The summed E-state index contributed by atoms with van der Waals surface area (Å²) in [7, 11) is 0. The molecule has 37 heavy (non-hydrogen) atoms. The summed E-state index contributed by atoms with van der Waals surface area (Å²) in [5.74, 6) is 1.37. The van der Waals surface area contributed by atoms with Crippen molar-refractivity contribution in [3.05, 3.63) is 70.7 Å². The molecule has 0 amide bonds. The fourth-order valence-corrected chi connectivity index (χ4v) is 5.28. The van der Waals surface area contributed by atoms with E-state index in [-0.39, 0.29) is 12.4 Å². The van der Waals surface area contributed by atoms with Crippen LogP contribution in [0.15, 0.2) is 59.1 Å². The average Bonchev–Trinajstić information content (AvgIpc) is 3.37. The minimum absolute atomic E-state index is 0.0369. The summed E-state index contributed by atoms with van der Waals surface area (Å²) < 4.78 is 11.7. The number of halogens is 1. The van der Waals surface area contributed by atoms with Crippen molar-refractivity contribution in [1.29, 1.82) is 0 Å². The molecule has 2 N–H and O–H groups in total. The van der Waals surface area contributed by atoms with Crippen molar-refractivity contribution in [2.75, 3.05) is 62.7 Å². The highest BCUT2D eigenvalue weighted by Crippen LogP contribution is 2.45. The molecule has 0 saturated carbocycles. The number of hydrogen-bond donors (Lipinski definition) is 2. The van der Waals surface area contributed by atoms with Crippen LogP contribution in [-0.2, 0) is 0 Å². The number of nitrogens with one attached hydrogen (secondary N) is 1. The molecule has 1 fully saturated rings. The van der Waals surface area contributed by atoms with Crippen LogP contribution in [0.1, 0.15) is 15.9 Å². The highest BCUT2D eigenvalue weighted by atomic mass is 35.5. The molecule has 0 spiro atoms. The fraction of sp³-hybridized carbons (Fsp3) is 0.286. The lowest BCUT2D eigenvalue weighted by Crippen LogP contribution is -2.47. The molecule has 2 heterocycles. The Hall–Kier alpha value is -3.59. The number of aromatic nitrogens is 1. The van der Waals surface area contributed by atoms with Gasteiger partial charge in [0.25, 0.3) is 0 Å². The molecule has 4 aromatic rings. The first-order chi connectivity index (χ1) is 18.1. The SMILES string of the molecule is O=C1c2ccccc2-c2onc3c(N4CCN(CCOc5ccc(Cl)cc5)CC4)cc(NCCO)c1c23. The third kappa shape index (κ3) is 4.41. The number of hydrogen-bond acceptors (Lipinski definition) is 8. The zero-order valence-corrected chi connectivity index (χ0v) is 21.0. The van der Waals surface area contributed by atoms with E-state index in [9.17, 15) is 9.90 Å². The van der Waals surface area contributed by atoms with E-state index in [1.165, 1.54) is 0 Å². The third-order valence-electron chi connectivity index (χ3n) is 7.01. The van der Waals surface area contributed by atoms with Gasteiger partial charge in [-0.1, -0.05) is 41.0 Å². The Balaban J connectivity index is 1.23. The number of ketones is 1. The molecule has 3 aromatic carbocycles. The number of anilines is 2. The van der Waals surface area contributed by atoms with Crippen molar-refractivity contribution in [1.82, 2.24) is 10.1 Å². The van der Waals surface area contributed by atoms with Crippen molar-refractivity contribution in [3.8, 4) is 17.1 Å². The standard InChI is InChI=1S/C28H27ClN4O4/c29-18-5-7-19(8-6-18)36-16-14-32-10-12-33(13-11-32)23-17-22(30-9-15-34)24-25-26(23)31-37-28(25)21-4-2-1-3-20(21)27(24)35/h1-8,17,30,34H,9-16H2. The Morgan fingerprint density at radius 2 is 1.81 bits per heavy atom. The summed E-state index contributed by atoms with van der Waals surface area (Å²) in [5.41, 5.74) is 4.24. The minimum Gasteiger partial charge on any atom is -0.492 e. The lowest BCUT2D eigenvalue weighted by molar-refractivity contribution is 0.104. The van der Waals surface area contributed by atoms with Gasteiger partial charge in [-0.15, -0.1) is 0 Å². The second-order valence-corrected chi connectivity index (χ2v) is 9.65. The minimum atomic E-state index is -0.0613. The predicted molar refractivity (Wildman–Crippen MR) is 144 cm³/mol. The van der Waals surface area contributed by atoms with Crippen LogP contribution in [0.3, 0.4) is 0 Å². The molecule has 0 radical (unpaired) electrons. The fourth-order valence-electron chi connectivity index (χ4n) is 5.15. The van der Waals surface area contributed by atoms with Gasteiger partial charge in [-0.05, 0) is 30.3 Å². The van der Waals surface area contributed by atoms with E-state index < -0.39 is 0 Å². The van der Waals surface area contributed by atoms with Gasteiger partial charge in [0.15, 0.2) is 11.5 Å². The Morgan fingerprint density at radius 1 is 1.05 bits per heavy atom. The topological polar surface area (TPSA) is 91.1 Å². The number of aliphatic hydroxyl groups is 1. The van der Waals surface area contributed by atoms with Crippen LogP contribution >= 0.6 is 11.6 Å². The van der Waals surface area contributed by atoms with Gasteiger partial charge in [-0.3, -0.25) is 9.69 Å². The van der Waals surface area contributed by atoms with Crippen LogP contribution in [0.4, 0.5) is 11.4 Å². The second-order valence-electron chi connectivity index (χ2n) is 9.21. The van der Waals surface area contributed by atoms with Crippen molar-refractivity contribution in [2.24, 2.45) is 0 Å². The lowest BCUT2D eigenvalue weighted by Gasteiger charge is -2.36. The van der Waals surface area contributed by atoms with E-state index in [0.29, 0.717) is 46.3 Å². The molecule has 6 rings (SSSR count). The lowest BCUT2D eigenvalue weighted by atomic mass is 9.86. The van der Waals surface area contributed by atoms with Gasteiger partial charge in [0, 0.05) is 61.1 Å². The molecule has 1 saturated heterocycles. The second kappa shape index (κ2) is 10.0. The van der Waals surface area contributed by atoms with Gasteiger partial charge in [-0.25, -0.2) is 0 Å². The molecule has 0 unspecified atom stereocenters. The molecular weight excluding hydrogens is 492 g/mol. The first-order valence-electron chi connectivity index (χ1n) is 12.4. The maximum atomic E-state index is 13.5. The Morgan fingerprint density at radius 3 is 2.57 bits per heavy atom. The molecule has 1 aliphatic carbocycles. The van der Waals surface area contributed by atoms with E-state index in [0.717, 1.165) is 55.1 Å². The Labute approximate surface area is 219 Å². The van der Waals surface area contributed by atoms with E-state index in [1.54, 1.807) is 0 Å². The summed E-state index contributed by atoms with van der Waals surface area (Å²) in [4.78, 5) is 18.2. The predicted octanol–water partition coefficient (Wildman–Crippen LogP) is 4.30. The van der Waals surface area contributed by atoms with Gasteiger partial charge >= 0.3 is 0 Å². The summed E-state index contributed by atoms with van der Waals surface area (Å²) >= 11 is 5.94. The van der Waals surface area contributed by atoms with Crippen LogP contribution in [0, 0.1) is 0 Å². The molecule has 8 nitrogen and oxygen atoms in total. The first kappa shape index (κ1) is 23.8. The quantitative estimate of drug-likeness (QED) is 0.314. The maximum absolute atomic E-state index is 13.5. The first-order valence-corrected chi connectivity index (χ1v) is 12.8. The number of rotatable bonds is 8. The molecule has 1 aromatic heterocycles. The van der Waals surface area contributed by atoms with Crippen LogP contribution in [0.2, 0.25) is 5.02 Å². The zero-order chi connectivity index (χ0) is 25.4. The largest absolute Gasteiger partial charge is 0.492 e. The number of aliphatic hydroxyl groups excluding tert-OH is 1. The van der Waals surface area contributed by atoms with E-state index in [2.05, 4.69) is 20.3 Å². The molecular formula is C28H27ClN4O4. The summed E-state index contributed by atoms with van der Waals surface area (Å²) in [6.07, 6.45) is 0. The molecule has 190 valence electrons. The van der Waals surface area contributed by atoms with Gasteiger partial charge < -0.3 is 24.6 Å². The number of carbonyl (C=O) groups excluding carboxylic acids is 1. The van der Waals surface area contributed by atoms with Crippen LogP contribution < -0.4 is 15.0 Å². The Bertz CT molecular complexity index is 1440. The summed E-state index contributed by atoms with van der Waals surface area (Å²) in [5, 5.41) is 18.6. The van der Waals surface area contributed by atoms with Gasteiger partial charge in [0.2, 0.25) is 0 Å². The summed E-state index contributed by atoms with van der Waals surface area (Å²) in [6.45, 7) is 5.10.